The molecular formula is C15H20ClN3O. The first-order valence-electron chi connectivity index (χ1n) is 7.16. The summed E-state index contributed by atoms with van der Waals surface area (Å²) < 4.78 is 0. The summed E-state index contributed by atoms with van der Waals surface area (Å²) in [5.41, 5.74) is 2.83. The topological polar surface area (TPSA) is 44.4 Å². The van der Waals surface area contributed by atoms with Crippen LogP contribution >= 0.6 is 11.6 Å². The van der Waals surface area contributed by atoms with Crippen LogP contribution in [0.25, 0.3) is 0 Å². The number of nitrogens with zero attached hydrogens (tertiary/aromatic N) is 1. The lowest BCUT2D eigenvalue weighted by Crippen LogP contribution is -2.32. The highest BCUT2D eigenvalue weighted by Gasteiger charge is 2.20. The van der Waals surface area contributed by atoms with E-state index in [0.717, 1.165) is 23.5 Å². The fourth-order valence-corrected chi connectivity index (χ4v) is 3.13. The Morgan fingerprint density at radius 3 is 2.90 bits per heavy atom. The molecule has 1 aromatic carbocycles. The van der Waals surface area contributed by atoms with E-state index in [1.165, 1.54) is 25.9 Å². The van der Waals surface area contributed by atoms with Gasteiger partial charge in [0.2, 0.25) is 5.91 Å². The third-order valence-corrected chi connectivity index (χ3v) is 4.55. The minimum Gasteiger partial charge on any atom is -0.384 e. The molecule has 4 nitrogen and oxygen atoms in total. The number of nitrogens with one attached hydrogen (secondary N) is 2. The fraction of sp³-hybridized carbons (Fsp3) is 0.533. The molecule has 0 atom stereocenters. The minimum absolute atomic E-state index is 0.0449. The lowest BCUT2D eigenvalue weighted by molar-refractivity contribution is -0.115. The third kappa shape index (κ3) is 2.91. The number of anilines is 2. The zero-order chi connectivity index (χ0) is 14.1. The number of halogens is 1. The van der Waals surface area contributed by atoms with Gasteiger partial charge in [0.05, 0.1) is 17.1 Å². The minimum atomic E-state index is 0.0449. The molecule has 2 heterocycles. The van der Waals surface area contributed by atoms with E-state index in [0.29, 0.717) is 17.4 Å². The monoisotopic (exact) mass is 293 g/mol. The summed E-state index contributed by atoms with van der Waals surface area (Å²) in [6, 6.07) is 3.85. The molecule has 2 aliphatic rings. The van der Waals surface area contributed by atoms with Gasteiger partial charge in [0.1, 0.15) is 0 Å². The van der Waals surface area contributed by atoms with E-state index in [9.17, 15) is 4.79 Å². The number of benzene rings is 1. The van der Waals surface area contributed by atoms with Gasteiger partial charge in [-0.1, -0.05) is 11.6 Å². The van der Waals surface area contributed by atoms with Crippen LogP contribution in [0.15, 0.2) is 12.1 Å². The van der Waals surface area contributed by atoms with Gasteiger partial charge in [0.15, 0.2) is 0 Å². The van der Waals surface area contributed by atoms with E-state index in [4.69, 9.17) is 11.6 Å². The van der Waals surface area contributed by atoms with Gasteiger partial charge < -0.3 is 15.5 Å². The highest BCUT2D eigenvalue weighted by Crippen LogP contribution is 2.33. The highest BCUT2D eigenvalue weighted by atomic mass is 35.5. The van der Waals surface area contributed by atoms with E-state index < -0.39 is 0 Å². The second-order valence-corrected chi connectivity index (χ2v) is 6.25. The number of carbonyl (C=O) groups excluding carboxylic acids is 1. The quantitative estimate of drug-likeness (QED) is 0.900. The first-order chi connectivity index (χ1) is 9.61. The first kappa shape index (κ1) is 13.7. The lowest BCUT2D eigenvalue weighted by atomic mass is 9.97. The smallest absolute Gasteiger partial charge is 0.228 e. The average molecular weight is 294 g/mol. The van der Waals surface area contributed by atoms with Crippen LogP contribution in [0.1, 0.15) is 18.4 Å². The number of likely N-dealkylation sites (tertiary alicyclic amines) is 1. The van der Waals surface area contributed by atoms with Crippen molar-refractivity contribution in [1.29, 1.82) is 0 Å². The molecule has 108 valence electrons. The maximum Gasteiger partial charge on any atom is 0.228 e. The van der Waals surface area contributed by atoms with Gasteiger partial charge >= 0.3 is 0 Å². The van der Waals surface area contributed by atoms with Gasteiger partial charge in [-0.05, 0) is 56.6 Å². The van der Waals surface area contributed by atoms with E-state index in [2.05, 4.69) is 22.6 Å². The molecule has 2 aliphatic heterocycles. The zero-order valence-electron chi connectivity index (χ0n) is 11.7. The van der Waals surface area contributed by atoms with Crippen molar-refractivity contribution < 1.29 is 4.79 Å². The fourth-order valence-electron chi connectivity index (χ4n) is 2.90. The van der Waals surface area contributed by atoms with Crippen LogP contribution in [0.3, 0.4) is 0 Å². The van der Waals surface area contributed by atoms with Crippen LogP contribution in [0, 0.1) is 5.92 Å². The van der Waals surface area contributed by atoms with E-state index >= 15 is 0 Å². The van der Waals surface area contributed by atoms with Gasteiger partial charge in [-0.25, -0.2) is 0 Å². The predicted molar refractivity (Wildman–Crippen MR) is 82.5 cm³/mol. The zero-order valence-corrected chi connectivity index (χ0v) is 12.5. The van der Waals surface area contributed by atoms with Gasteiger partial charge in [-0.3, -0.25) is 4.79 Å². The van der Waals surface area contributed by atoms with Crippen LogP contribution in [-0.2, 0) is 11.2 Å². The summed E-state index contributed by atoms with van der Waals surface area (Å²) in [5.74, 6) is 0.749. The number of piperidine rings is 1. The van der Waals surface area contributed by atoms with Crippen molar-refractivity contribution >= 4 is 28.9 Å². The predicted octanol–water partition coefficient (Wildman–Crippen LogP) is 2.59. The molecular weight excluding hydrogens is 274 g/mol. The second kappa shape index (κ2) is 5.62. The molecule has 0 radical (unpaired) electrons. The van der Waals surface area contributed by atoms with Crippen molar-refractivity contribution in [2.75, 3.05) is 37.3 Å². The van der Waals surface area contributed by atoms with Crippen molar-refractivity contribution in [3.8, 4) is 0 Å². The number of carbonyl (C=O) groups is 1. The van der Waals surface area contributed by atoms with Crippen molar-refractivity contribution in [3.05, 3.63) is 22.7 Å². The first-order valence-corrected chi connectivity index (χ1v) is 7.54. The maximum absolute atomic E-state index is 11.4. The molecule has 0 saturated carbocycles. The summed E-state index contributed by atoms with van der Waals surface area (Å²) >= 11 is 6.27. The molecule has 0 bridgehead atoms. The van der Waals surface area contributed by atoms with Gasteiger partial charge in [0.25, 0.3) is 0 Å². The van der Waals surface area contributed by atoms with E-state index in [-0.39, 0.29) is 5.91 Å². The molecule has 2 N–H and O–H groups in total. The summed E-state index contributed by atoms with van der Waals surface area (Å²) in [6.45, 7) is 3.29. The Bertz CT molecular complexity index is 524. The number of fused-ring (bicyclic) bond motifs is 1. The van der Waals surface area contributed by atoms with Crippen LogP contribution in [0.5, 0.6) is 0 Å². The Balaban J connectivity index is 1.63. The average Bonchev–Trinajstić information content (AvgIpc) is 2.77. The van der Waals surface area contributed by atoms with E-state index in [1.807, 2.05) is 12.1 Å². The number of hydrogen-bond acceptors (Lipinski definition) is 3. The third-order valence-electron chi connectivity index (χ3n) is 4.24. The number of amides is 1. The molecule has 0 spiro atoms. The molecule has 1 fully saturated rings. The Labute approximate surface area is 124 Å². The number of hydrogen-bond donors (Lipinski definition) is 2. The standard InChI is InChI=1S/C15H20ClN3O/c1-19-4-2-10(3-5-19)9-17-14-6-11-7-15(20)18-13(11)8-12(14)16/h6,8,10,17H,2-5,7,9H2,1H3,(H,18,20). The van der Waals surface area contributed by atoms with Crippen molar-refractivity contribution in [2.24, 2.45) is 5.92 Å². The molecule has 0 aliphatic carbocycles. The lowest BCUT2D eigenvalue weighted by Gasteiger charge is -2.29. The normalized spacial score (nSPS) is 19.8. The number of rotatable bonds is 3. The van der Waals surface area contributed by atoms with Gasteiger partial charge in [-0.2, -0.15) is 0 Å². The molecule has 1 aromatic rings. The second-order valence-electron chi connectivity index (χ2n) is 5.84. The Morgan fingerprint density at radius 1 is 1.40 bits per heavy atom. The molecule has 0 unspecified atom stereocenters. The SMILES string of the molecule is CN1CCC(CNc2cc3c(cc2Cl)NC(=O)C3)CC1. The van der Waals surface area contributed by atoms with Crippen LogP contribution in [-0.4, -0.2) is 37.5 Å². The van der Waals surface area contributed by atoms with Gasteiger partial charge in [0, 0.05) is 12.2 Å². The molecule has 20 heavy (non-hydrogen) atoms. The van der Waals surface area contributed by atoms with Gasteiger partial charge in [-0.15, -0.1) is 0 Å². The molecule has 1 amide bonds. The summed E-state index contributed by atoms with van der Waals surface area (Å²) in [6.07, 6.45) is 2.91. The summed E-state index contributed by atoms with van der Waals surface area (Å²) in [7, 11) is 2.17. The van der Waals surface area contributed by atoms with E-state index in [1.54, 1.807) is 0 Å². The van der Waals surface area contributed by atoms with Crippen molar-refractivity contribution in [2.45, 2.75) is 19.3 Å². The summed E-state index contributed by atoms with van der Waals surface area (Å²) in [5, 5.41) is 6.95. The molecule has 5 heteroatoms. The summed E-state index contributed by atoms with van der Waals surface area (Å²) in [4.78, 5) is 13.8. The van der Waals surface area contributed by atoms with Crippen molar-refractivity contribution in [3.63, 3.8) is 0 Å². The Hall–Kier alpha value is -1.26. The molecule has 3 rings (SSSR count). The highest BCUT2D eigenvalue weighted by molar-refractivity contribution is 6.33. The van der Waals surface area contributed by atoms with Crippen molar-refractivity contribution in [1.82, 2.24) is 4.90 Å². The Kier molecular flexibility index (Phi) is 3.85. The maximum atomic E-state index is 11.4. The van der Waals surface area contributed by atoms with Crippen LogP contribution in [0.2, 0.25) is 5.02 Å². The van der Waals surface area contributed by atoms with Crippen LogP contribution in [0.4, 0.5) is 11.4 Å². The largest absolute Gasteiger partial charge is 0.384 e. The van der Waals surface area contributed by atoms with Crippen LogP contribution < -0.4 is 10.6 Å². The molecule has 1 saturated heterocycles. The Morgan fingerprint density at radius 2 is 2.15 bits per heavy atom. The molecule has 0 aromatic heterocycles.